The van der Waals surface area contributed by atoms with Crippen LogP contribution in [0, 0.1) is 0 Å². The maximum Gasteiger partial charge on any atom is 0.265 e. The molecular formula is C13H18ClNO5S. The van der Waals surface area contributed by atoms with Crippen molar-refractivity contribution in [2.45, 2.75) is 18.7 Å². The molecule has 0 fully saturated rings. The Hall–Kier alpha value is -1.31. The predicted molar refractivity (Wildman–Crippen MR) is 79.5 cm³/mol. The van der Waals surface area contributed by atoms with Gasteiger partial charge in [0.25, 0.3) is 15.0 Å². The van der Waals surface area contributed by atoms with Crippen molar-refractivity contribution in [2.24, 2.45) is 0 Å². The summed E-state index contributed by atoms with van der Waals surface area (Å²) in [7, 11) is 1.36. The van der Waals surface area contributed by atoms with Crippen LogP contribution in [0.2, 0.25) is 0 Å². The summed E-state index contributed by atoms with van der Waals surface area (Å²) in [4.78, 5) is 11.7. The van der Waals surface area contributed by atoms with Gasteiger partial charge in [-0.25, -0.2) is 8.42 Å². The average molecular weight is 336 g/mol. The lowest BCUT2D eigenvalue weighted by molar-refractivity contribution is 0.0922. The number of rotatable bonds is 8. The topological polar surface area (TPSA) is 81.7 Å². The Labute approximate surface area is 128 Å². The number of carbonyl (C=O) groups is 1. The molecule has 0 radical (unpaired) electrons. The number of carbonyl (C=O) groups excluding carboxylic acids is 1. The van der Waals surface area contributed by atoms with Crippen molar-refractivity contribution >= 4 is 25.6 Å². The molecule has 0 spiro atoms. The van der Waals surface area contributed by atoms with Gasteiger partial charge >= 0.3 is 0 Å². The Morgan fingerprint density at radius 1 is 1.29 bits per heavy atom. The second-order valence-corrected chi connectivity index (χ2v) is 6.52. The highest BCUT2D eigenvalue weighted by Crippen LogP contribution is 2.28. The predicted octanol–water partition coefficient (Wildman–Crippen LogP) is 1.78. The summed E-state index contributed by atoms with van der Waals surface area (Å²) >= 11 is 0. The van der Waals surface area contributed by atoms with Crippen LogP contribution in [0.1, 0.15) is 24.2 Å². The molecule has 0 saturated carbocycles. The third-order valence-electron chi connectivity index (χ3n) is 2.50. The van der Waals surface area contributed by atoms with Crippen molar-refractivity contribution in [3.63, 3.8) is 0 Å². The van der Waals surface area contributed by atoms with Gasteiger partial charge in [0.15, 0.2) is 0 Å². The highest BCUT2D eigenvalue weighted by atomic mass is 35.7. The molecular weight excluding hydrogens is 318 g/mol. The summed E-state index contributed by atoms with van der Waals surface area (Å²) in [6.07, 6.45) is 0. The average Bonchev–Trinajstić information content (AvgIpc) is 2.43. The molecule has 0 bridgehead atoms. The molecule has 6 nitrogen and oxygen atoms in total. The van der Waals surface area contributed by atoms with E-state index in [0.29, 0.717) is 26.4 Å². The first-order valence-corrected chi connectivity index (χ1v) is 8.78. The number of hydrogen-bond donors (Lipinski definition) is 1. The molecule has 0 atom stereocenters. The van der Waals surface area contributed by atoms with E-state index < -0.39 is 15.0 Å². The van der Waals surface area contributed by atoms with Crippen molar-refractivity contribution in [3.8, 4) is 5.75 Å². The molecule has 0 aliphatic rings. The van der Waals surface area contributed by atoms with Gasteiger partial charge in [-0.2, -0.15) is 0 Å². The highest BCUT2D eigenvalue weighted by molar-refractivity contribution is 8.13. The molecule has 0 aliphatic carbocycles. The van der Waals surface area contributed by atoms with Crippen LogP contribution in [0.15, 0.2) is 23.1 Å². The Kier molecular flexibility index (Phi) is 6.94. The minimum atomic E-state index is -4.00. The smallest absolute Gasteiger partial charge is 0.265 e. The second-order valence-electron chi connectivity index (χ2n) is 3.99. The van der Waals surface area contributed by atoms with E-state index in [0.717, 1.165) is 0 Å². The van der Waals surface area contributed by atoms with Crippen LogP contribution in [0.25, 0.3) is 0 Å². The largest absolute Gasteiger partial charge is 0.492 e. The zero-order valence-corrected chi connectivity index (χ0v) is 13.5. The van der Waals surface area contributed by atoms with Crippen LogP contribution in [0.3, 0.4) is 0 Å². The van der Waals surface area contributed by atoms with Crippen LogP contribution >= 0.6 is 10.7 Å². The fraction of sp³-hybridized carbons (Fsp3) is 0.462. The first kappa shape index (κ1) is 17.7. The van der Waals surface area contributed by atoms with Gasteiger partial charge in [0.2, 0.25) is 0 Å². The molecule has 118 valence electrons. The fourth-order valence-corrected chi connectivity index (χ4v) is 2.59. The maximum atomic E-state index is 11.9. The zero-order valence-electron chi connectivity index (χ0n) is 11.9. The Balaban J connectivity index is 2.92. The number of benzene rings is 1. The summed E-state index contributed by atoms with van der Waals surface area (Å²) < 4.78 is 33.4. The second kappa shape index (κ2) is 8.21. The molecule has 21 heavy (non-hydrogen) atoms. The first-order chi connectivity index (χ1) is 9.90. The minimum Gasteiger partial charge on any atom is -0.492 e. The lowest BCUT2D eigenvalue weighted by Crippen LogP contribution is -2.27. The van der Waals surface area contributed by atoms with Gasteiger partial charge in [0.1, 0.15) is 10.6 Å². The SMILES string of the molecule is CCOCCNC(=O)c1ccc(OCC)c(S(=O)(=O)Cl)c1. The van der Waals surface area contributed by atoms with Crippen LogP contribution in [-0.2, 0) is 13.8 Å². The normalized spacial score (nSPS) is 11.2. The summed E-state index contributed by atoms with van der Waals surface area (Å²) in [6, 6.07) is 4.09. The molecule has 0 unspecified atom stereocenters. The molecule has 0 aromatic heterocycles. The van der Waals surface area contributed by atoms with E-state index in [1.165, 1.54) is 18.2 Å². The van der Waals surface area contributed by atoms with Gasteiger partial charge in [-0.15, -0.1) is 0 Å². The van der Waals surface area contributed by atoms with E-state index in [4.69, 9.17) is 20.2 Å². The summed E-state index contributed by atoms with van der Waals surface area (Å²) in [5.41, 5.74) is 0.189. The summed E-state index contributed by atoms with van der Waals surface area (Å²) in [5.74, 6) is -0.280. The van der Waals surface area contributed by atoms with E-state index in [2.05, 4.69) is 5.32 Å². The van der Waals surface area contributed by atoms with Gasteiger partial charge in [0.05, 0.1) is 13.2 Å². The minimum absolute atomic E-state index is 0.123. The van der Waals surface area contributed by atoms with Gasteiger partial charge in [-0.1, -0.05) is 0 Å². The van der Waals surface area contributed by atoms with E-state index in [1.807, 2.05) is 6.92 Å². The van der Waals surface area contributed by atoms with Crippen molar-refractivity contribution in [1.29, 1.82) is 0 Å². The number of hydrogen-bond acceptors (Lipinski definition) is 5. The molecule has 8 heteroatoms. The van der Waals surface area contributed by atoms with E-state index in [-0.39, 0.29) is 16.2 Å². The number of nitrogens with one attached hydrogen (secondary N) is 1. The van der Waals surface area contributed by atoms with E-state index in [1.54, 1.807) is 6.92 Å². The number of ether oxygens (including phenoxy) is 2. The van der Waals surface area contributed by atoms with Gasteiger partial charge in [-0.05, 0) is 32.0 Å². The molecule has 1 aromatic carbocycles. The molecule has 1 N–H and O–H groups in total. The maximum absolute atomic E-state index is 11.9. The van der Waals surface area contributed by atoms with Crippen molar-refractivity contribution in [2.75, 3.05) is 26.4 Å². The van der Waals surface area contributed by atoms with Crippen LogP contribution < -0.4 is 10.1 Å². The summed E-state index contributed by atoms with van der Waals surface area (Å²) in [5, 5.41) is 2.62. The van der Waals surface area contributed by atoms with E-state index in [9.17, 15) is 13.2 Å². The molecule has 0 saturated heterocycles. The Morgan fingerprint density at radius 3 is 2.57 bits per heavy atom. The molecule has 1 amide bonds. The van der Waals surface area contributed by atoms with Crippen molar-refractivity contribution in [3.05, 3.63) is 23.8 Å². The molecule has 1 rings (SSSR count). The zero-order chi connectivity index (χ0) is 15.9. The Bertz CT molecular complexity index is 588. The van der Waals surface area contributed by atoms with Crippen molar-refractivity contribution < 1.29 is 22.7 Å². The molecule has 0 aliphatic heterocycles. The third-order valence-corrected chi connectivity index (χ3v) is 3.85. The molecule has 1 aromatic rings. The molecule has 0 heterocycles. The third kappa shape index (κ3) is 5.53. The highest BCUT2D eigenvalue weighted by Gasteiger charge is 2.19. The quantitative estimate of drug-likeness (QED) is 0.578. The van der Waals surface area contributed by atoms with Crippen LogP contribution in [0.5, 0.6) is 5.75 Å². The van der Waals surface area contributed by atoms with Crippen LogP contribution in [0.4, 0.5) is 0 Å². The number of halogens is 1. The standard InChI is InChI=1S/C13H18ClNO5S/c1-3-19-8-7-15-13(16)10-5-6-11(20-4-2)12(9-10)21(14,17)18/h5-6,9H,3-4,7-8H2,1-2H3,(H,15,16). The lowest BCUT2D eigenvalue weighted by atomic mass is 10.2. The lowest BCUT2D eigenvalue weighted by Gasteiger charge is -2.10. The number of amides is 1. The summed E-state index contributed by atoms with van der Waals surface area (Å²) in [6.45, 7) is 5.15. The van der Waals surface area contributed by atoms with Gasteiger partial charge in [0, 0.05) is 29.4 Å². The van der Waals surface area contributed by atoms with Crippen molar-refractivity contribution in [1.82, 2.24) is 5.32 Å². The van der Waals surface area contributed by atoms with Crippen LogP contribution in [-0.4, -0.2) is 40.7 Å². The Morgan fingerprint density at radius 2 is 2.00 bits per heavy atom. The monoisotopic (exact) mass is 335 g/mol. The van der Waals surface area contributed by atoms with Gasteiger partial charge < -0.3 is 14.8 Å². The van der Waals surface area contributed by atoms with E-state index >= 15 is 0 Å². The van der Waals surface area contributed by atoms with Gasteiger partial charge in [-0.3, -0.25) is 4.79 Å². The fourth-order valence-electron chi connectivity index (χ4n) is 1.60. The first-order valence-electron chi connectivity index (χ1n) is 6.47.